The molecule has 0 saturated carbocycles. The molecular weight excluding hydrogens is 491 g/mol. The maximum absolute atomic E-state index is 5.59. The lowest BCUT2D eigenvalue weighted by Crippen LogP contribution is -2.60. The van der Waals surface area contributed by atoms with Crippen LogP contribution in [0.3, 0.4) is 0 Å². The molecular formula is C22H27IN6O. The lowest BCUT2D eigenvalue weighted by molar-refractivity contribution is 0.170. The molecule has 158 valence electrons. The summed E-state index contributed by atoms with van der Waals surface area (Å²) < 4.78 is 5.59. The van der Waals surface area contributed by atoms with Gasteiger partial charge in [0, 0.05) is 34.4 Å². The van der Waals surface area contributed by atoms with Gasteiger partial charge >= 0.3 is 0 Å². The third-order valence-electron chi connectivity index (χ3n) is 5.38. The average molecular weight is 518 g/mol. The molecule has 3 heterocycles. The number of aromatic nitrogens is 4. The van der Waals surface area contributed by atoms with E-state index < -0.39 is 0 Å². The highest BCUT2D eigenvalue weighted by Crippen LogP contribution is 2.35. The minimum absolute atomic E-state index is 0.0794. The molecule has 1 aliphatic rings. The predicted molar refractivity (Wildman–Crippen MR) is 128 cm³/mol. The van der Waals surface area contributed by atoms with E-state index in [0.29, 0.717) is 6.04 Å². The molecule has 0 radical (unpaired) electrons. The van der Waals surface area contributed by atoms with Gasteiger partial charge in [0.1, 0.15) is 11.6 Å². The molecule has 30 heavy (non-hydrogen) atoms. The summed E-state index contributed by atoms with van der Waals surface area (Å²) in [5.74, 6) is 1.54. The number of rotatable bonds is 5. The van der Waals surface area contributed by atoms with Crippen molar-refractivity contribution >= 4 is 28.8 Å². The summed E-state index contributed by atoms with van der Waals surface area (Å²) in [6.45, 7) is 8.98. The summed E-state index contributed by atoms with van der Waals surface area (Å²) in [5, 5.41) is 23.0. The second-order valence-electron chi connectivity index (χ2n) is 9.22. The Morgan fingerprint density at radius 3 is 2.40 bits per heavy atom. The predicted octanol–water partition coefficient (Wildman–Crippen LogP) is 4.98. The fourth-order valence-corrected chi connectivity index (χ4v) is 4.94. The summed E-state index contributed by atoms with van der Waals surface area (Å²) in [7, 11) is 0. The standard InChI is InChI=1S/C22H27IN6O/c1-21(2)10-16(11-22(3,4)29-21)26-20-8-7-18(27-28-20)17-6-5-14(9-19(17)30-23)15-12-24-25-13-15/h5-9,12-13,16,29H,10-11H2,1-4H3,(H,24,25)(H,26,28). The molecule has 2 aromatic heterocycles. The zero-order valence-corrected chi connectivity index (χ0v) is 19.8. The van der Waals surface area contributed by atoms with Gasteiger partial charge in [0.15, 0.2) is 23.0 Å². The number of H-pyrrole nitrogens is 1. The quantitative estimate of drug-likeness (QED) is 0.413. The van der Waals surface area contributed by atoms with Gasteiger partial charge in [-0.05, 0) is 70.4 Å². The molecule has 1 aliphatic heterocycles. The highest BCUT2D eigenvalue weighted by atomic mass is 127. The number of hydrogen-bond donors (Lipinski definition) is 3. The minimum Gasteiger partial charge on any atom is -0.427 e. The van der Waals surface area contributed by atoms with Crippen molar-refractivity contribution in [2.45, 2.75) is 57.7 Å². The van der Waals surface area contributed by atoms with Gasteiger partial charge in [0.2, 0.25) is 0 Å². The van der Waals surface area contributed by atoms with Gasteiger partial charge in [0.25, 0.3) is 0 Å². The summed E-state index contributed by atoms with van der Waals surface area (Å²) in [4.78, 5) is 0. The van der Waals surface area contributed by atoms with Gasteiger partial charge in [-0.2, -0.15) is 5.10 Å². The molecule has 0 amide bonds. The van der Waals surface area contributed by atoms with Crippen LogP contribution in [0, 0.1) is 0 Å². The number of piperidine rings is 1. The second kappa shape index (κ2) is 8.14. The third-order valence-corrected chi connectivity index (χ3v) is 5.85. The van der Waals surface area contributed by atoms with Gasteiger partial charge in [-0.1, -0.05) is 6.07 Å². The Kier molecular flexibility index (Phi) is 5.71. The Hall–Kier alpha value is -2.20. The van der Waals surface area contributed by atoms with Gasteiger partial charge in [-0.15, -0.1) is 10.2 Å². The fraction of sp³-hybridized carbons (Fsp3) is 0.409. The van der Waals surface area contributed by atoms with Crippen LogP contribution in [-0.4, -0.2) is 37.5 Å². The van der Waals surface area contributed by atoms with Crippen LogP contribution < -0.4 is 13.7 Å². The lowest BCUT2D eigenvalue weighted by atomic mass is 9.79. The topological polar surface area (TPSA) is 87.8 Å². The number of anilines is 1. The number of hydrogen-bond acceptors (Lipinski definition) is 6. The van der Waals surface area contributed by atoms with Crippen LogP contribution in [0.1, 0.15) is 40.5 Å². The zero-order valence-electron chi connectivity index (χ0n) is 17.7. The first-order valence-corrected chi connectivity index (χ1v) is 10.9. The third kappa shape index (κ3) is 4.75. The molecule has 0 unspecified atom stereocenters. The maximum Gasteiger partial charge on any atom is 0.192 e. The molecule has 0 atom stereocenters. The van der Waals surface area contributed by atoms with Crippen LogP contribution in [0.2, 0.25) is 0 Å². The minimum atomic E-state index is 0.0794. The van der Waals surface area contributed by atoms with Crippen LogP contribution in [0.15, 0.2) is 42.7 Å². The molecule has 4 rings (SSSR count). The summed E-state index contributed by atoms with van der Waals surface area (Å²) in [5.41, 5.74) is 3.87. The first kappa shape index (κ1) is 21.0. The van der Waals surface area contributed by atoms with E-state index in [-0.39, 0.29) is 11.1 Å². The van der Waals surface area contributed by atoms with E-state index in [0.717, 1.165) is 46.8 Å². The van der Waals surface area contributed by atoms with Crippen LogP contribution in [0.4, 0.5) is 5.82 Å². The first-order chi connectivity index (χ1) is 14.2. The summed E-state index contributed by atoms with van der Waals surface area (Å²) in [6.07, 6.45) is 5.70. The van der Waals surface area contributed by atoms with Crippen molar-refractivity contribution in [1.82, 2.24) is 25.7 Å². The first-order valence-electron chi connectivity index (χ1n) is 10.1. The normalized spacial score (nSPS) is 18.2. The Bertz CT molecular complexity index is 985. The van der Waals surface area contributed by atoms with E-state index in [1.807, 2.05) is 59.5 Å². The molecule has 0 spiro atoms. The van der Waals surface area contributed by atoms with Crippen molar-refractivity contribution in [1.29, 1.82) is 0 Å². The van der Waals surface area contributed by atoms with E-state index in [1.54, 1.807) is 6.20 Å². The zero-order chi connectivity index (χ0) is 21.4. The fourth-order valence-electron chi connectivity index (χ4n) is 4.57. The highest BCUT2D eigenvalue weighted by molar-refractivity contribution is 14.1. The molecule has 3 N–H and O–H groups in total. The molecule has 1 fully saturated rings. The number of nitrogens with one attached hydrogen (secondary N) is 3. The Labute approximate surface area is 191 Å². The lowest BCUT2D eigenvalue weighted by Gasteiger charge is -2.46. The molecule has 7 nitrogen and oxygen atoms in total. The summed E-state index contributed by atoms with van der Waals surface area (Å²) in [6, 6.07) is 10.3. The Morgan fingerprint density at radius 2 is 1.80 bits per heavy atom. The van der Waals surface area contributed by atoms with E-state index in [9.17, 15) is 0 Å². The molecule has 1 saturated heterocycles. The van der Waals surface area contributed by atoms with Crippen molar-refractivity contribution in [3.63, 3.8) is 0 Å². The monoisotopic (exact) mass is 518 g/mol. The van der Waals surface area contributed by atoms with E-state index in [1.165, 1.54) is 0 Å². The van der Waals surface area contributed by atoms with Crippen molar-refractivity contribution in [2.75, 3.05) is 5.32 Å². The van der Waals surface area contributed by atoms with Gasteiger partial charge in [0.05, 0.1) is 11.9 Å². The van der Waals surface area contributed by atoms with E-state index in [2.05, 4.69) is 58.7 Å². The van der Waals surface area contributed by atoms with Crippen LogP contribution >= 0.6 is 23.0 Å². The van der Waals surface area contributed by atoms with Gasteiger partial charge < -0.3 is 13.7 Å². The van der Waals surface area contributed by atoms with E-state index in [4.69, 9.17) is 3.07 Å². The number of aromatic amines is 1. The number of benzene rings is 1. The average Bonchev–Trinajstić information content (AvgIpc) is 3.20. The number of halogens is 1. The number of nitrogens with zero attached hydrogens (tertiary/aromatic N) is 3. The van der Waals surface area contributed by atoms with Crippen LogP contribution in [0.5, 0.6) is 5.75 Å². The largest absolute Gasteiger partial charge is 0.427 e. The maximum atomic E-state index is 5.59. The van der Waals surface area contributed by atoms with Crippen molar-refractivity contribution in [3.05, 3.63) is 42.7 Å². The SMILES string of the molecule is CC1(C)CC(Nc2ccc(-c3ccc(-c4cn[nH]c4)cc3OI)nn2)CC(C)(C)N1. The Balaban J connectivity index is 1.52. The van der Waals surface area contributed by atoms with Crippen molar-refractivity contribution in [3.8, 4) is 28.1 Å². The van der Waals surface area contributed by atoms with Crippen LogP contribution in [-0.2, 0) is 0 Å². The second-order valence-corrected chi connectivity index (χ2v) is 9.66. The molecule has 3 aromatic rings. The van der Waals surface area contributed by atoms with Crippen LogP contribution in [0.25, 0.3) is 22.4 Å². The van der Waals surface area contributed by atoms with Gasteiger partial charge in [-0.25, -0.2) is 0 Å². The molecule has 0 bridgehead atoms. The molecule has 0 aliphatic carbocycles. The molecule has 1 aromatic carbocycles. The summed E-state index contributed by atoms with van der Waals surface area (Å²) >= 11 is 1.90. The molecule has 8 heteroatoms. The highest BCUT2D eigenvalue weighted by Gasteiger charge is 2.37. The van der Waals surface area contributed by atoms with E-state index >= 15 is 0 Å². The van der Waals surface area contributed by atoms with Gasteiger partial charge in [-0.3, -0.25) is 5.10 Å². The van der Waals surface area contributed by atoms with Crippen molar-refractivity contribution in [2.24, 2.45) is 0 Å². The smallest absolute Gasteiger partial charge is 0.192 e. The Morgan fingerprint density at radius 1 is 1.03 bits per heavy atom. The van der Waals surface area contributed by atoms with Crippen molar-refractivity contribution < 1.29 is 3.07 Å².